The number of carbonyl (C=O) groups is 1. The largest absolute Gasteiger partial charge is 0.492 e. The van der Waals surface area contributed by atoms with Gasteiger partial charge in [0, 0.05) is 31.2 Å². The molecule has 0 aliphatic carbocycles. The standard InChI is InChI=1S/C14H19BrN2O2/c1-11-14(18)16(2)6-7-17(11)8-9-19-13-5-3-4-12(15)10-13/h3-5,10-11H,6-9H2,1-2H3/t11-/m1/s1. The van der Waals surface area contributed by atoms with E-state index in [9.17, 15) is 4.79 Å². The highest BCUT2D eigenvalue weighted by Crippen LogP contribution is 2.18. The van der Waals surface area contributed by atoms with Crippen LogP contribution in [0.3, 0.4) is 0 Å². The van der Waals surface area contributed by atoms with Crippen LogP contribution in [0.2, 0.25) is 0 Å². The van der Waals surface area contributed by atoms with Gasteiger partial charge in [-0.2, -0.15) is 0 Å². The molecule has 1 amide bonds. The molecule has 2 rings (SSSR count). The summed E-state index contributed by atoms with van der Waals surface area (Å²) in [6.07, 6.45) is 0. The van der Waals surface area contributed by atoms with Gasteiger partial charge in [-0.3, -0.25) is 9.69 Å². The maximum Gasteiger partial charge on any atom is 0.239 e. The van der Waals surface area contributed by atoms with Gasteiger partial charge in [0.1, 0.15) is 12.4 Å². The molecule has 0 spiro atoms. The second-order valence-corrected chi connectivity index (χ2v) is 5.69. The second kappa shape index (κ2) is 6.39. The Balaban J connectivity index is 1.81. The van der Waals surface area contributed by atoms with E-state index in [0.717, 1.165) is 29.9 Å². The summed E-state index contributed by atoms with van der Waals surface area (Å²) in [6, 6.07) is 7.74. The zero-order valence-corrected chi connectivity index (χ0v) is 12.9. The van der Waals surface area contributed by atoms with Crippen molar-refractivity contribution in [1.82, 2.24) is 9.80 Å². The summed E-state index contributed by atoms with van der Waals surface area (Å²) < 4.78 is 6.71. The molecule has 1 heterocycles. The number of hydrogen-bond donors (Lipinski definition) is 0. The molecule has 1 aliphatic rings. The Bertz CT molecular complexity index is 453. The van der Waals surface area contributed by atoms with E-state index in [2.05, 4.69) is 20.8 Å². The number of benzene rings is 1. The first-order valence-electron chi connectivity index (χ1n) is 6.45. The summed E-state index contributed by atoms with van der Waals surface area (Å²) in [6.45, 7) is 5.02. The van der Waals surface area contributed by atoms with Crippen LogP contribution in [-0.4, -0.2) is 55.0 Å². The van der Waals surface area contributed by atoms with Crippen LogP contribution in [0.4, 0.5) is 0 Å². The topological polar surface area (TPSA) is 32.8 Å². The van der Waals surface area contributed by atoms with Crippen molar-refractivity contribution in [1.29, 1.82) is 0 Å². The molecule has 104 valence electrons. The lowest BCUT2D eigenvalue weighted by Gasteiger charge is -2.37. The van der Waals surface area contributed by atoms with Crippen molar-refractivity contribution < 1.29 is 9.53 Å². The molecule has 1 aromatic carbocycles. The summed E-state index contributed by atoms with van der Waals surface area (Å²) in [7, 11) is 1.86. The van der Waals surface area contributed by atoms with Gasteiger partial charge in [-0.05, 0) is 25.1 Å². The fourth-order valence-corrected chi connectivity index (χ4v) is 2.58. The lowest BCUT2D eigenvalue weighted by Crippen LogP contribution is -2.55. The highest BCUT2D eigenvalue weighted by molar-refractivity contribution is 9.10. The number of piperazine rings is 1. The van der Waals surface area contributed by atoms with E-state index in [1.165, 1.54) is 0 Å². The number of likely N-dealkylation sites (N-methyl/N-ethyl adjacent to an activating group) is 1. The van der Waals surface area contributed by atoms with Crippen LogP contribution in [0.1, 0.15) is 6.92 Å². The fraction of sp³-hybridized carbons (Fsp3) is 0.500. The Labute approximate surface area is 122 Å². The SMILES string of the molecule is C[C@@H]1C(=O)N(C)CCN1CCOc1cccc(Br)c1. The van der Waals surface area contributed by atoms with Crippen LogP contribution in [0.25, 0.3) is 0 Å². The van der Waals surface area contributed by atoms with Gasteiger partial charge >= 0.3 is 0 Å². The summed E-state index contributed by atoms with van der Waals surface area (Å²) in [5.41, 5.74) is 0. The average Bonchev–Trinajstić information content (AvgIpc) is 2.39. The van der Waals surface area contributed by atoms with Crippen LogP contribution in [-0.2, 0) is 4.79 Å². The molecule has 1 fully saturated rings. The van der Waals surface area contributed by atoms with Crippen molar-refractivity contribution in [3.63, 3.8) is 0 Å². The Kier molecular flexibility index (Phi) is 4.82. The van der Waals surface area contributed by atoms with Gasteiger partial charge in [0.25, 0.3) is 0 Å². The highest BCUT2D eigenvalue weighted by atomic mass is 79.9. The molecule has 1 aliphatic heterocycles. The smallest absolute Gasteiger partial charge is 0.239 e. The third-order valence-electron chi connectivity index (χ3n) is 3.45. The van der Waals surface area contributed by atoms with Gasteiger partial charge < -0.3 is 9.64 Å². The summed E-state index contributed by atoms with van der Waals surface area (Å²) >= 11 is 3.41. The molecule has 19 heavy (non-hydrogen) atoms. The monoisotopic (exact) mass is 326 g/mol. The van der Waals surface area contributed by atoms with E-state index in [-0.39, 0.29) is 11.9 Å². The van der Waals surface area contributed by atoms with Crippen LogP contribution in [0.5, 0.6) is 5.75 Å². The van der Waals surface area contributed by atoms with Crippen LogP contribution < -0.4 is 4.74 Å². The predicted molar refractivity (Wildman–Crippen MR) is 78.3 cm³/mol. The first-order valence-corrected chi connectivity index (χ1v) is 7.24. The summed E-state index contributed by atoms with van der Waals surface area (Å²) in [5, 5.41) is 0. The molecule has 1 aromatic rings. The molecule has 0 bridgehead atoms. The lowest BCUT2D eigenvalue weighted by molar-refractivity contribution is -0.139. The number of carbonyl (C=O) groups excluding carboxylic acids is 1. The van der Waals surface area contributed by atoms with Crippen LogP contribution in [0, 0.1) is 0 Å². The number of hydrogen-bond acceptors (Lipinski definition) is 3. The number of amides is 1. The summed E-state index contributed by atoms with van der Waals surface area (Å²) in [5.74, 6) is 1.04. The van der Waals surface area contributed by atoms with E-state index >= 15 is 0 Å². The van der Waals surface area contributed by atoms with Crippen molar-refractivity contribution in [3.05, 3.63) is 28.7 Å². The first-order chi connectivity index (χ1) is 9.08. The van der Waals surface area contributed by atoms with Gasteiger partial charge in [0.2, 0.25) is 5.91 Å². The zero-order valence-electron chi connectivity index (χ0n) is 11.3. The van der Waals surface area contributed by atoms with Gasteiger partial charge in [-0.25, -0.2) is 0 Å². The molecular formula is C14H19BrN2O2. The van der Waals surface area contributed by atoms with Crippen LogP contribution in [0.15, 0.2) is 28.7 Å². The molecule has 0 saturated carbocycles. The van der Waals surface area contributed by atoms with E-state index < -0.39 is 0 Å². The normalized spacial score (nSPS) is 20.7. The van der Waals surface area contributed by atoms with E-state index in [1.807, 2.05) is 38.2 Å². The van der Waals surface area contributed by atoms with Gasteiger partial charge in [0.05, 0.1) is 6.04 Å². The third-order valence-corrected chi connectivity index (χ3v) is 3.94. The van der Waals surface area contributed by atoms with E-state index in [4.69, 9.17) is 4.74 Å². The molecule has 0 aromatic heterocycles. The Hall–Kier alpha value is -1.07. The number of nitrogens with zero attached hydrogens (tertiary/aromatic N) is 2. The molecule has 0 radical (unpaired) electrons. The van der Waals surface area contributed by atoms with Gasteiger partial charge in [-0.15, -0.1) is 0 Å². The number of rotatable bonds is 4. The third kappa shape index (κ3) is 3.70. The minimum Gasteiger partial charge on any atom is -0.492 e. The number of halogens is 1. The Morgan fingerprint density at radius 2 is 2.21 bits per heavy atom. The maximum absolute atomic E-state index is 11.9. The summed E-state index contributed by atoms with van der Waals surface area (Å²) in [4.78, 5) is 15.8. The van der Waals surface area contributed by atoms with Gasteiger partial charge in [0.15, 0.2) is 0 Å². The molecule has 4 nitrogen and oxygen atoms in total. The first kappa shape index (κ1) is 14.3. The van der Waals surface area contributed by atoms with Gasteiger partial charge in [-0.1, -0.05) is 22.0 Å². The molecule has 1 saturated heterocycles. The van der Waals surface area contributed by atoms with E-state index in [1.54, 1.807) is 4.90 Å². The van der Waals surface area contributed by atoms with Crippen molar-refractivity contribution in [2.45, 2.75) is 13.0 Å². The van der Waals surface area contributed by atoms with Crippen molar-refractivity contribution in [2.75, 3.05) is 33.3 Å². The Morgan fingerprint density at radius 1 is 1.42 bits per heavy atom. The quantitative estimate of drug-likeness (QED) is 0.848. The minimum absolute atomic E-state index is 0.0511. The van der Waals surface area contributed by atoms with Crippen molar-refractivity contribution >= 4 is 21.8 Å². The van der Waals surface area contributed by atoms with Crippen LogP contribution >= 0.6 is 15.9 Å². The second-order valence-electron chi connectivity index (χ2n) is 4.78. The average molecular weight is 327 g/mol. The highest BCUT2D eigenvalue weighted by Gasteiger charge is 2.28. The molecule has 1 atom stereocenters. The molecule has 0 N–H and O–H groups in total. The van der Waals surface area contributed by atoms with Crippen molar-refractivity contribution in [2.24, 2.45) is 0 Å². The maximum atomic E-state index is 11.9. The van der Waals surface area contributed by atoms with E-state index in [0.29, 0.717) is 6.61 Å². The zero-order chi connectivity index (χ0) is 13.8. The molecule has 0 unspecified atom stereocenters. The fourth-order valence-electron chi connectivity index (χ4n) is 2.20. The molecular weight excluding hydrogens is 308 g/mol. The lowest BCUT2D eigenvalue weighted by atomic mass is 10.2. The van der Waals surface area contributed by atoms with Crippen molar-refractivity contribution in [3.8, 4) is 5.75 Å². The minimum atomic E-state index is -0.0511. The Morgan fingerprint density at radius 3 is 2.95 bits per heavy atom. The molecule has 5 heteroatoms. The number of ether oxygens (including phenoxy) is 1. The predicted octanol–water partition coefficient (Wildman–Crippen LogP) is 1.99.